The van der Waals surface area contributed by atoms with Gasteiger partial charge >= 0.3 is 6.18 Å². The van der Waals surface area contributed by atoms with Crippen LogP contribution in [0.4, 0.5) is 13.2 Å². The molecule has 1 aliphatic heterocycles. The lowest BCUT2D eigenvalue weighted by Crippen LogP contribution is -2.53. The van der Waals surface area contributed by atoms with Crippen LogP contribution in [0.25, 0.3) is 10.8 Å². The molecule has 0 aromatic carbocycles. The molecule has 0 bridgehead atoms. The largest absolute Gasteiger partial charge is 0.444 e. The topological polar surface area (TPSA) is 49.5 Å². The summed E-state index contributed by atoms with van der Waals surface area (Å²) in [6, 6.07) is 3.79. The van der Waals surface area contributed by atoms with Gasteiger partial charge in [0, 0.05) is 19.6 Å². The van der Waals surface area contributed by atoms with Gasteiger partial charge in [-0.3, -0.25) is 4.90 Å². The van der Waals surface area contributed by atoms with E-state index in [1.54, 1.807) is 0 Å². The first-order valence-electron chi connectivity index (χ1n) is 6.87. The second-order valence-corrected chi connectivity index (χ2v) is 6.37. The molecule has 0 unspecified atom stereocenters. The molecule has 1 N–H and O–H groups in total. The van der Waals surface area contributed by atoms with E-state index in [-0.39, 0.29) is 25.9 Å². The molecule has 8 heteroatoms. The minimum Gasteiger partial charge on any atom is -0.444 e. The van der Waals surface area contributed by atoms with Crippen LogP contribution >= 0.6 is 11.3 Å². The predicted molar refractivity (Wildman–Crippen MR) is 75.3 cm³/mol. The van der Waals surface area contributed by atoms with Crippen molar-refractivity contribution in [3.63, 3.8) is 0 Å². The van der Waals surface area contributed by atoms with E-state index in [9.17, 15) is 18.3 Å². The van der Waals surface area contributed by atoms with Crippen LogP contribution in [-0.2, 0) is 6.54 Å². The molecule has 3 heterocycles. The molecule has 0 spiro atoms. The molecule has 1 fully saturated rings. The second kappa shape index (κ2) is 5.68. The summed E-state index contributed by atoms with van der Waals surface area (Å²) in [5.41, 5.74) is -1.88. The standard InChI is InChI=1S/C14H15F3N2O2S/c15-14(16,17)13(20)3-5-19(6-4-13)8-10-9-21-12(18-10)11-2-1-7-22-11/h1-2,7,9,20H,3-6,8H2. The number of aliphatic hydroxyl groups is 1. The van der Waals surface area contributed by atoms with Crippen LogP contribution in [0.15, 0.2) is 28.2 Å². The Morgan fingerprint density at radius 3 is 2.68 bits per heavy atom. The van der Waals surface area contributed by atoms with Crippen molar-refractivity contribution in [2.24, 2.45) is 0 Å². The van der Waals surface area contributed by atoms with Gasteiger partial charge < -0.3 is 9.52 Å². The highest BCUT2D eigenvalue weighted by Gasteiger charge is 2.54. The number of hydrogen-bond acceptors (Lipinski definition) is 5. The summed E-state index contributed by atoms with van der Waals surface area (Å²) in [6.07, 6.45) is -3.67. The summed E-state index contributed by atoms with van der Waals surface area (Å²) in [6.45, 7) is 0.775. The van der Waals surface area contributed by atoms with Crippen LogP contribution in [0.1, 0.15) is 18.5 Å². The number of thiophene rings is 1. The third-order valence-electron chi connectivity index (χ3n) is 3.88. The Hall–Kier alpha value is -1.38. The summed E-state index contributed by atoms with van der Waals surface area (Å²) in [7, 11) is 0. The van der Waals surface area contributed by atoms with Gasteiger partial charge in [-0.15, -0.1) is 11.3 Å². The quantitative estimate of drug-likeness (QED) is 0.937. The number of alkyl halides is 3. The number of rotatable bonds is 3. The fourth-order valence-corrected chi connectivity index (χ4v) is 3.14. The fourth-order valence-electron chi connectivity index (χ4n) is 2.49. The molecule has 0 radical (unpaired) electrons. The zero-order valence-corrected chi connectivity index (χ0v) is 12.5. The molecular weight excluding hydrogens is 317 g/mol. The van der Waals surface area contributed by atoms with E-state index in [4.69, 9.17) is 4.42 Å². The SMILES string of the molecule is OC1(C(F)(F)F)CCN(Cc2coc(-c3cccs3)n2)CC1. The summed E-state index contributed by atoms with van der Waals surface area (Å²) < 4.78 is 43.6. The van der Waals surface area contributed by atoms with E-state index in [0.29, 0.717) is 18.1 Å². The molecule has 22 heavy (non-hydrogen) atoms. The van der Waals surface area contributed by atoms with Gasteiger partial charge in [-0.2, -0.15) is 13.2 Å². The third-order valence-corrected chi connectivity index (χ3v) is 4.74. The van der Waals surface area contributed by atoms with Gasteiger partial charge in [0.2, 0.25) is 5.89 Å². The minimum atomic E-state index is -4.57. The van der Waals surface area contributed by atoms with Crippen molar-refractivity contribution in [3.05, 3.63) is 29.5 Å². The van der Waals surface area contributed by atoms with Crippen LogP contribution in [-0.4, -0.2) is 39.9 Å². The van der Waals surface area contributed by atoms with Crippen LogP contribution in [0, 0.1) is 0 Å². The van der Waals surface area contributed by atoms with Crippen molar-refractivity contribution in [1.29, 1.82) is 0 Å². The van der Waals surface area contributed by atoms with Crippen molar-refractivity contribution in [1.82, 2.24) is 9.88 Å². The predicted octanol–water partition coefficient (Wildman–Crippen LogP) is 3.29. The highest BCUT2D eigenvalue weighted by molar-refractivity contribution is 7.13. The Balaban J connectivity index is 1.60. The Morgan fingerprint density at radius 2 is 2.09 bits per heavy atom. The number of nitrogens with zero attached hydrogens (tertiary/aromatic N) is 2. The molecule has 2 aromatic heterocycles. The van der Waals surface area contributed by atoms with Gasteiger partial charge in [0.1, 0.15) is 6.26 Å². The number of piperidine rings is 1. The molecule has 120 valence electrons. The molecule has 0 aliphatic carbocycles. The van der Waals surface area contributed by atoms with Gasteiger partial charge in [-0.05, 0) is 24.3 Å². The number of likely N-dealkylation sites (tertiary alicyclic amines) is 1. The molecule has 4 nitrogen and oxygen atoms in total. The lowest BCUT2D eigenvalue weighted by molar-refractivity contribution is -0.272. The van der Waals surface area contributed by atoms with Crippen molar-refractivity contribution < 1.29 is 22.7 Å². The highest BCUT2D eigenvalue weighted by Crippen LogP contribution is 2.38. The monoisotopic (exact) mass is 332 g/mol. The Kier molecular flexibility index (Phi) is 4.00. The molecule has 0 atom stereocenters. The lowest BCUT2D eigenvalue weighted by atomic mass is 9.91. The molecule has 0 amide bonds. The Labute approximate surface area is 129 Å². The maximum absolute atomic E-state index is 12.7. The maximum atomic E-state index is 12.7. The van der Waals surface area contributed by atoms with E-state index in [1.807, 2.05) is 22.4 Å². The van der Waals surface area contributed by atoms with Crippen LogP contribution < -0.4 is 0 Å². The average Bonchev–Trinajstić information content (AvgIpc) is 3.11. The van der Waals surface area contributed by atoms with Crippen molar-refractivity contribution >= 4 is 11.3 Å². The Morgan fingerprint density at radius 1 is 1.36 bits per heavy atom. The fraction of sp³-hybridized carbons (Fsp3) is 0.500. The van der Waals surface area contributed by atoms with Gasteiger partial charge in [-0.25, -0.2) is 4.98 Å². The number of hydrogen-bond donors (Lipinski definition) is 1. The van der Waals surface area contributed by atoms with E-state index in [2.05, 4.69) is 4.98 Å². The summed E-state index contributed by atoms with van der Waals surface area (Å²) in [5, 5.41) is 11.6. The first-order chi connectivity index (χ1) is 10.4. The summed E-state index contributed by atoms with van der Waals surface area (Å²) >= 11 is 1.51. The average molecular weight is 332 g/mol. The first-order valence-corrected chi connectivity index (χ1v) is 7.75. The number of halogens is 3. The van der Waals surface area contributed by atoms with Crippen molar-refractivity contribution in [2.75, 3.05) is 13.1 Å². The molecule has 1 aliphatic rings. The van der Waals surface area contributed by atoms with Gasteiger partial charge in [0.05, 0.1) is 10.6 Å². The van der Waals surface area contributed by atoms with E-state index in [0.717, 1.165) is 4.88 Å². The molecule has 0 saturated carbocycles. The molecule has 1 saturated heterocycles. The van der Waals surface area contributed by atoms with Gasteiger partial charge in [-0.1, -0.05) is 6.07 Å². The van der Waals surface area contributed by atoms with Gasteiger partial charge in [0.15, 0.2) is 5.60 Å². The van der Waals surface area contributed by atoms with Crippen molar-refractivity contribution in [2.45, 2.75) is 31.2 Å². The normalized spacial score (nSPS) is 19.5. The van der Waals surface area contributed by atoms with Crippen LogP contribution in [0.2, 0.25) is 0 Å². The number of aromatic nitrogens is 1. The zero-order chi connectivity index (χ0) is 15.8. The lowest BCUT2D eigenvalue weighted by Gasteiger charge is -2.38. The summed E-state index contributed by atoms with van der Waals surface area (Å²) in [5.74, 6) is 0.522. The van der Waals surface area contributed by atoms with Crippen LogP contribution in [0.3, 0.4) is 0 Å². The molecule has 3 rings (SSSR count). The van der Waals surface area contributed by atoms with Crippen molar-refractivity contribution in [3.8, 4) is 10.8 Å². The maximum Gasteiger partial charge on any atom is 0.417 e. The zero-order valence-electron chi connectivity index (χ0n) is 11.6. The summed E-state index contributed by atoms with van der Waals surface area (Å²) in [4.78, 5) is 7.11. The highest BCUT2D eigenvalue weighted by atomic mass is 32.1. The Bertz CT molecular complexity index is 616. The molecular formula is C14H15F3N2O2S. The van der Waals surface area contributed by atoms with Crippen LogP contribution in [0.5, 0.6) is 0 Å². The van der Waals surface area contributed by atoms with E-state index in [1.165, 1.54) is 17.6 Å². The smallest absolute Gasteiger partial charge is 0.417 e. The third kappa shape index (κ3) is 3.04. The van der Waals surface area contributed by atoms with Gasteiger partial charge in [0.25, 0.3) is 0 Å². The van der Waals surface area contributed by atoms with E-state index < -0.39 is 11.8 Å². The first kappa shape index (κ1) is 15.5. The van der Waals surface area contributed by atoms with E-state index >= 15 is 0 Å². The number of oxazole rings is 1. The second-order valence-electron chi connectivity index (χ2n) is 5.43. The molecule has 2 aromatic rings. The minimum absolute atomic E-state index is 0.178.